The van der Waals surface area contributed by atoms with Crippen molar-refractivity contribution in [3.05, 3.63) is 48.0 Å². The van der Waals surface area contributed by atoms with Crippen LogP contribution in [0.1, 0.15) is 24.9 Å². The van der Waals surface area contributed by atoms with Gasteiger partial charge in [0.05, 0.1) is 26.9 Å². The average Bonchev–Trinajstić information content (AvgIpc) is 2.92. The Kier molecular flexibility index (Phi) is 6.19. The first-order valence-electron chi connectivity index (χ1n) is 9.11. The second-order valence-electron chi connectivity index (χ2n) is 6.59. The van der Waals surface area contributed by atoms with E-state index in [0.29, 0.717) is 30.4 Å². The zero-order valence-corrected chi connectivity index (χ0v) is 16.0. The van der Waals surface area contributed by atoms with Crippen LogP contribution in [0.5, 0.6) is 17.2 Å². The topological polar surface area (TPSA) is 60.0 Å². The van der Waals surface area contributed by atoms with Crippen LogP contribution in [0, 0.1) is 0 Å². The molecule has 144 valence electrons. The summed E-state index contributed by atoms with van der Waals surface area (Å²) in [7, 11) is 3.58. The molecule has 0 radical (unpaired) electrons. The average molecular weight is 370 g/mol. The third-order valence-corrected chi connectivity index (χ3v) is 4.67. The summed E-state index contributed by atoms with van der Waals surface area (Å²) >= 11 is 0. The number of carbonyl (C=O) groups excluding carboxylic acids is 1. The van der Waals surface area contributed by atoms with Crippen molar-refractivity contribution >= 4 is 11.6 Å². The van der Waals surface area contributed by atoms with Crippen molar-refractivity contribution < 1.29 is 19.0 Å². The second-order valence-corrected chi connectivity index (χ2v) is 6.59. The van der Waals surface area contributed by atoms with E-state index < -0.39 is 0 Å². The molecule has 6 heteroatoms. The lowest BCUT2D eigenvalue weighted by Gasteiger charge is -2.25. The molecule has 0 saturated carbocycles. The van der Waals surface area contributed by atoms with Crippen LogP contribution in [0.15, 0.2) is 42.5 Å². The Hall–Kier alpha value is -2.73. The van der Waals surface area contributed by atoms with Gasteiger partial charge in [0.15, 0.2) is 11.5 Å². The molecule has 2 aromatic rings. The molecule has 1 aliphatic heterocycles. The smallest absolute Gasteiger partial charge is 0.238 e. The van der Waals surface area contributed by atoms with E-state index in [1.54, 1.807) is 7.11 Å². The Morgan fingerprint density at radius 2 is 1.93 bits per heavy atom. The SMILES string of the molecule is COc1ccccc1C(C)N(C)CC(=O)Nc1ccc2c(c1)OCCCO2. The number of para-hydroxylation sites is 1. The van der Waals surface area contributed by atoms with E-state index in [-0.39, 0.29) is 18.5 Å². The molecule has 3 rings (SSSR count). The molecule has 6 nitrogen and oxygen atoms in total. The van der Waals surface area contributed by atoms with Gasteiger partial charge in [-0.1, -0.05) is 18.2 Å². The van der Waals surface area contributed by atoms with Crippen LogP contribution in [0.4, 0.5) is 5.69 Å². The van der Waals surface area contributed by atoms with Gasteiger partial charge in [-0.2, -0.15) is 0 Å². The maximum atomic E-state index is 12.5. The third-order valence-electron chi connectivity index (χ3n) is 4.67. The number of fused-ring (bicyclic) bond motifs is 1. The molecule has 0 aromatic heterocycles. The van der Waals surface area contributed by atoms with Gasteiger partial charge >= 0.3 is 0 Å². The minimum absolute atomic E-state index is 0.0377. The highest BCUT2D eigenvalue weighted by molar-refractivity contribution is 5.92. The van der Waals surface area contributed by atoms with Gasteiger partial charge in [-0.25, -0.2) is 0 Å². The number of rotatable bonds is 6. The number of nitrogens with one attached hydrogen (secondary N) is 1. The molecule has 1 aliphatic rings. The van der Waals surface area contributed by atoms with E-state index in [1.807, 2.05) is 54.4 Å². The van der Waals surface area contributed by atoms with Crippen molar-refractivity contribution in [3.8, 4) is 17.2 Å². The molecular weight excluding hydrogens is 344 g/mol. The molecule has 2 aromatic carbocycles. The zero-order valence-electron chi connectivity index (χ0n) is 16.0. The largest absolute Gasteiger partial charge is 0.496 e. The Bertz CT molecular complexity index is 794. The normalized spacial score (nSPS) is 14.4. The second kappa shape index (κ2) is 8.77. The number of methoxy groups -OCH3 is 1. The highest BCUT2D eigenvalue weighted by Gasteiger charge is 2.18. The maximum absolute atomic E-state index is 12.5. The van der Waals surface area contributed by atoms with Gasteiger partial charge in [0, 0.05) is 29.8 Å². The van der Waals surface area contributed by atoms with Gasteiger partial charge in [0.1, 0.15) is 5.75 Å². The lowest BCUT2D eigenvalue weighted by atomic mass is 10.1. The van der Waals surface area contributed by atoms with Crippen LogP contribution in [0.25, 0.3) is 0 Å². The van der Waals surface area contributed by atoms with Crippen LogP contribution >= 0.6 is 0 Å². The van der Waals surface area contributed by atoms with E-state index in [4.69, 9.17) is 14.2 Å². The molecule has 27 heavy (non-hydrogen) atoms. The summed E-state index contributed by atoms with van der Waals surface area (Å²) in [5, 5.41) is 2.93. The van der Waals surface area contributed by atoms with Crippen LogP contribution in [-0.4, -0.2) is 44.7 Å². The summed E-state index contributed by atoms with van der Waals surface area (Å²) < 4.78 is 16.7. The maximum Gasteiger partial charge on any atom is 0.238 e. The summed E-state index contributed by atoms with van der Waals surface area (Å²) in [5.74, 6) is 2.11. The molecule has 1 heterocycles. The minimum atomic E-state index is -0.0891. The molecular formula is C21H26N2O4. The number of anilines is 1. The molecule has 0 aliphatic carbocycles. The fourth-order valence-corrected chi connectivity index (χ4v) is 3.05. The first-order valence-corrected chi connectivity index (χ1v) is 9.11. The molecule has 1 amide bonds. The van der Waals surface area contributed by atoms with E-state index >= 15 is 0 Å². The van der Waals surface area contributed by atoms with Crippen molar-refractivity contribution in [1.82, 2.24) is 4.90 Å². The van der Waals surface area contributed by atoms with Gasteiger partial charge in [-0.3, -0.25) is 9.69 Å². The third kappa shape index (κ3) is 4.71. The van der Waals surface area contributed by atoms with E-state index in [0.717, 1.165) is 17.7 Å². The predicted molar refractivity (Wildman–Crippen MR) is 105 cm³/mol. The number of carbonyl (C=O) groups is 1. The molecule has 0 saturated heterocycles. The van der Waals surface area contributed by atoms with Crippen molar-refractivity contribution in [2.75, 3.05) is 39.2 Å². The lowest BCUT2D eigenvalue weighted by Crippen LogP contribution is -2.32. The summed E-state index contributed by atoms with van der Waals surface area (Å²) in [6.07, 6.45) is 0.849. The number of hydrogen-bond acceptors (Lipinski definition) is 5. The summed E-state index contributed by atoms with van der Waals surface area (Å²) in [4.78, 5) is 14.5. The van der Waals surface area contributed by atoms with Crippen molar-refractivity contribution in [1.29, 1.82) is 0 Å². The number of nitrogens with zero attached hydrogens (tertiary/aromatic N) is 1. The fourth-order valence-electron chi connectivity index (χ4n) is 3.05. The van der Waals surface area contributed by atoms with Crippen LogP contribution in [-0.2, 0) is 4.79 Å². The Morgan fingerprint density at radius 1 is 1.19 bits per heavy atom. The highest BCUT2D eigenvalue weighted by Crippen LogP contribution is 2.32. The quantitative estimate of drug-likeness (QED) is 0.843. The van der Waals surface area contributed by atoms with Crippen LogP contribution in [0.3, 0.4) is 0 Å². The minimum Gasteiger partial charge on any atom is -0.496 e. The van der Waals surface area contributed by atoms with Crippen molar-refractivity contribution in [2.24, 2.45) is 0 Å². The molecule has 1 N–H and O–H groups in total. The summed E-state index contributed by atoms with van der Waals surface area (Å²) in [5.41, 5.74) is 1.74. The van der Waals surface area contributed by atoms with Crippen LogP contribution < -0.4 is 19.5 Å². The molecule has 0 fully saturated rings. The number of amides is 1. The molecule has 0 spiro atoms. The highest BCUT2D eigenvalue weighted by atomic mass is 16.5. The van der Waals surface area contributed by atoms with Gasteiger partial charge in [0.2, 0.25) is 5.91 Å². The first kappa shape index (κ1) is 19.0. The fraction of sp³-hybridized carbons (Fsp3) is 0.381. The first-order chi connectivity index (χ1) is 13.1. The van der Waals surface area contributed by atoms with E-state index in [2.05, 4.69) is 12.2 Å². The number of benzene rings is 2. The molecule has 0 bridgehead atoms. The van der Waals surface area contributed by atoms with Gasteiger partial charge in [-0.05, 0) is 32.2 Å². The lowest BCUT2D eigenvalue weighted by molar-refractivity contribution is -0.117. The standard InChI is InChI=1S/C21H26N2O4/c1-15(17-7-4-5-8-18(17)25-3)23(2)14-21(24)22-16-9-10-19-20(13-16)27-12-6-11-26-19/h4-5,7-10,13,15H,6,11-12,14H2,1-3H3,(H,22,24). The van der Waals surface area contributed by atoms with Crippen molar-refractivity contribution in [3.63, 3.8) is 0 Å². The van der Waals surface area contributed by atoms with Crippen LogP contribution in [0.2, 0.25) is 0 Å². The Balaban J connectivity index is 1.62. The predicted octanol–water partition coefficient (Wildman–Crippen LogP) is 3.49. The van der Waals surface area contributed by atoms with Gasteiger partial charge < -0.3 is 19.5 Å². The molecule has 1 unspecified atom stereocenters. The van der Waals surface area contributed by atoms with Gasteiger partial charge in [0.25, 0.3) is 0 Å². The number of ether oxygens (including phenoxy) is 3. The zero-order chi connectivity index (χ0) is 19.2. The number of hydrogen-bond donors (Lipinski definition) is 1. The van der Waals surface area contributed by atoms with Gasteiger partial charge in [-0.15, -0.1) is 0 Å². The summed E-state index contributed by atoms with van der Waals surface area (Å²) in [6.45, 7) is 3.57. The van der Waals surface area contributed by atoms with E-state index in [1.165, 1.54) is 0 Å². The summed E-state index contributed by atoms with van der Waals surface area (Å²) in [6, 6.07) is 13.4. The number of likely N-dealkylation sites (N-methyl/N-ethyl adjacent to an activating group) is 1. The molecule has 1 atom stereocenters. The van der Waals surface area contributed by atoms with E-state index in [9.17, 15) is 4.79 Å². The Morgan fingerprint density at radius 3 is 2.70 bits per heavy atom. The monoisotopic (exact) mass is 370 g/mol. The van der Waals surface area contributed by atoms with Crippen molar-refractivity contribution in [2.45, 2.75) is 19.4 Å². The Labute approximate surface area is 160 Å².